The van der Waals surface area contributed by atoms with Crippen molar-refractivity contribution in [3.8, 4) is 0 Å². The van der Waals surface area contributed by atoms with Crippen LogP contribution >= 0.6 is 11.3 Å². The highest BCUT2D eigenvalue weighted by Crippen LogP contribution is 2.20. The smallest absolute Gasteiger partial charge is 0.223 e. The summed E-state index contributed by atoms with van der Waals surface area (Å²) in [5.74, 6) is 0.384. The van der Waals surface area contributed by atoms with Crippen LogP contribution in [0.1, 0.15) is 30.6 Å². The largest absolute Gasteiger partial charge is 0.395 e. The first-order valence-electron chi connectivity index (χ1n) is 9.13. The summed E-state index contributed by atoms with van der Waals surface area (Å²) in [4.78, 5) is 18.7. The Balaban J connectivity index is 1.42. The van der Waals surface area contributed by atoms with Crippen molar-refractivity contribution in [2.75, 3.05) is 39.3 Å². The Morgan fingerprint density at radius 3 is 2.79 bits per heavy atom. The van der Waals surface area contributed by atoms with Crippen LogP contribution in [0.5, 0.6) is 0 Å². The second-order valence-electron chi connectivity index (χ2n) is 7.00. The van der Waals surface area contributed by atoms with Crippen LogP contribution in [0.3, 0.4) is 0 Å². The van der Waals surface area contributed by atoms with Crippen LogP contribution in [0, 0.1) is 5.92 Å². The fourth-order valence-electron chi connectivity index (χ4n) is 3.82. The number of carbonyl (C=O) groups excluding carboxylic acids is 1. The number of aliphatic hydroxyl groups excluding tert-OH is 1. The molecular formula is C18H29N3O2S. The first kappa shape index (κ1) is 17.9. The third-order valence-corrected chi connectivity index (χ3v) is 6.05. The van der Waals surface area contributed by atoms with Gasteiger partial charge >= 0.3 is 0 Å². The summed E-state index contributed by atoms with van der Waals surface area (Å²) in [6.45, 7) is 5.88. The minimum Gasteiger partial charge on any atom is -0.395 e. The lowest BCUT2D eigenvalue weighted by Gasteiger charge is -2.35. The lowest BCUT2D eigenvalue weighted by Crippen LogP contribution is -2.50. The summed E-state index contributed by atoms with van der Waals surface area (Å²) in [6, 6.07) is 4.58. The molecular weight excluding hydrogens is 322 g/mol. The van der Waals surface area contributed by atoms with Crippen LogP contribution in [-0.2, 0) is 11.3 Å². The number of carbonyl (C=O) groups is 1. The molecule has 1 aromatic heterocycles. The molecule has 2 aliphatic rings. The fraction of sp³-hybridized carbons (Fsp3) is 0.722. The lowest BCUT2D eigenvalue weighted by molar-refractivity contribution is -0.127. The second kappa shape index (κ2) is 8.94. The van der Waals surface area contributed by atoms with Gasteiger partial charge in [-0.25, -0.2) is 0 Å². The molecule has 3 heterocycles. The molecule has 0 unspecified atom stereocenters. The molecule has 2 saturated heterocycles. The molecule has 134 valence electrons. The molecule has 2 aliphatic heterocycles. The van der Waals surface area contributed by atoms with Crippen molar-refractivity contribution in [3.05, 3.63) is 22.4 Å². The van der Waals surface area contributed by atoms with Crippen LogP contribution in [0.2, 0.25) is 0 Å². The third-order valence-electron chi connectivity index (χ3n) is 5.19. The minimum atomic E-state index is 0.146. The molecule has 3 rings (SSSR count). The van der Waals surface area contributed by atoms with Gasteiger partial charge in [-0.1, -0.05) is 6.07 Å². The SMILES string of the molecule is O=C(N[C@@H]1CCCN(Cc2cccs2)C1)C1CCN(CCO)CC1. The van der Waals surface area contributed by atoms with Crippen LogP contribution in [0.15, 0.2) is 17.5 Å². The minimum absolute atomic E-state index is 0.146. The average Bonchev–Trinajstić information content (AvgIpc) is 3.09. The molecule has 1 aromatic rings. The molecule has 0 bridgehead atoms. The Bertz CT molecular complexity index is 500. The Morgan fingerprint density at radius 2 is 2.08 bits per heavy atom. The predicted molar refractivity (Wildman–Crippen MR) is 97.0 cm³/mol. The Hall–Kier alpha value is -0.950. The Labute approximate surface area is 148 Å². The van der Waals surface area contributed by atoms with Crippen molar-refractivity contribution in [2.45, 2.75) is 38.3 Å². The molecule has 0 aliphatic carbocycles. The van der Waals surface area contributed by atoms with Gasteiger partial charge in [0.1, 0.15) is 0 Å². The maximum atomic E-state index is 12.6. The van der Waals surface area contributed by atoms with Crippen molar-refractivity contribution in [3.63, 3.8) is 0 Å². The zero-order valence-electron chi connectivity index (χ0n) is 14.3. The molecule has 0 aromatic carbocycles. The van der Waals surface area contributed by atoms with Crippen molar-refractivity contribution < 1.29 is 9.90 Å². The van der Waals surface area contributed by atoms with E-state index < -0.39 is 0 Å². The number of nitrogens with zero attached hydrogens (tertiary/aromatic N) is 2. The Kier molecular flexibility index (Phi) is 6.66. The summed E-state index contributed by atoms with van der Waals surface area (Å²) >= 11 is 1.81. The number of aliphatic hydroxyl groups is 1. The van der Waals surface area contributed by atoms with Crippen molar-refractivity contribution in [1.29, 1.82) is 0 Å². The van der Waals surface area contributed by atoms with Crippen molar-refractivity contribution in [1.82, 2.24) is 15.1 Å². The summed E-state index contributed by atoms with van der Waals surface area (Å²) in [5.41, 5.74) is 0. The van der Waals surface area contributed by atoms with E-state index in [-0.39, 0.29) is 18.4 Å². The van der Waals surface area contributed by atoms with E-state index in [9.17, 15) is 4.79 Å². The van der Waals surface area contributed by atoms with E-state index >= 15 is 0 Å². The molecule has 2 fully saturated rings. The highest BCUT2D eigenvalue weighted by Gasteiger charge is 2.28. The van der Waals surface area contributed by atoms with Gasteiger partial charge in [0.25, 0.3) is 0 Å². The zero-order chi connectivity index (χ0) is 16.8. The lowest BCUT2D eigenvalue weighted by atomic mass is 9.95. The molecule has 5 nitrogen and oxygen atoms in total. The average molecular weight is 352 g/mol. The van der Waals surface area contributed by atoms with E-state index in [2.05, 4.69) is 32.6 Å². The van der Waals surface area contributed by atoms with E-state index in [1.54, 1.807) is 0 Å². The third kappa shape index (κ3) is 5.02. The number of hydrogen-bond donors (Lipinski definition) is 2. The topological polar surface area (TPSA) is 55.8 Å². The summed E-state index contributed by atoms with van der Waals surface area (Å²) < 4.78 is 0. The number of nitrogens with one attached hydrogen (secondary N) is 1. The molecule has 1 atom stereocenters. The molecule has 0 spiro atoms. The monoisotopic (exact) mass is 351 g/mol. The maximum Gasteiger partial charge on any atom is 0.223 e. The quantitative estimate of drug-likeness (QED) is 0.816. The highest BCUT2D eigenvalue weighted by molar-refractivity contribution is 7.09. The Morgan fingerprint density at radius 1 is 1.25 bits per heavy atom. The van der Waals surface area contributed by atoms with Gasteiger partial charge in [0.2, 0.25) is 5.91 Å². The normalized spacial score (nSPS) is 24.1. The van der Waals surface area contributed by atoms with E-state index in [0.717, 1.165) is 65.0 Å². The van der Waals surface area contributed by atoms with Gasteiger partial charge in [-0.2, -0.15) is 0 Å². The van der Waals surface area contributed by atoms with Crippen molar-refractivity contribution >= 4 is 17.2 Å². The van der Waals surface area contributed by atoms with E-state index in [0.29, 0.717) is 6.04 Å². The highest BCUT2D eigenvalue weighted by atomic mass is 32.1. The number of β-amino-alcohol motifs (C(OH)–C–C–N with tert-alkyl or cyclic N) is 1. The molecule has 2 N–H and O–H groups in total. The van der Waals surface area contributed by atoms with Crippen LogP contribution in [0.4, 0.5) is 0 Å². The molecule has 24 heavy (non-hydrogen) atoms. The summed E-state index contributed by atoms with van der Waals surface area (Å²) in [7, 11) is 0. The standard InChI is InChI=1S/C18H29N3O2S/c22-11-10-20-8-5-15(6-9-20)18(23)19-16-3-1-7-21(13-16)14-17-4-2-12-24-17/h2,4,12,15-16,22H,1,3,5-11,13-14H2,(H,19,23)/t16-/m1/s1. The molecule has 1 amide bonds. The van der Waals surface area contributed by atoms with E-state index in [1.807, 2.05) is 11.3 Å². The van der Waals surface area contributed by atoms with E-state index in [4.69, 9.17) is 5.11 Å². The number of hydrogen-bond acceptors (Lipinski definition) is 5. The number of piperidine rings is 2. The summed E-state index contributed by atoms with van der Waals surface area (Å²) in [6.07, 6.45) is 4.08. The van der Waals surface area contributed by atoms with Gasteiger partial charge in [-0.15, -0.1) is 11.3 Å². The second-order valence-corrected chi connectivity index (χ2v) is 8.03. The molecule has 6 heteroatoms. The van der Waals surface area contributed by atoms with Gasteiger partial charge in [0, 0.05) is 36.5 Å². The fourth-order valence-corrected chi connectivity index (χ4v) is 4.57. The van der Waals surface area contributed by atoms with E-state index in [1.165, 1.54) is 4.88 Å². The van der Waals surface area contributed by atoms with Gasteiger partial charge in [0.15, 0.2) is 0 Å². The number of rotatable bonds is 6. The number of thiophene rings is 1. The first-order chi connectivity index (χ1) is 11.7. The maximum absolute atomic E-state index is 12.6. The predicted octanol–water partition coefficient (Wildman–Crippen LogP) is 1.53. The number of likely N-dealkylation sites (tertiary alicyclic amines) is 2. The van der Waals surface area contributed by atoms with Crippen LogP contribution in [0.25, 0.3) is 0 Å². The number of amides is 1. The van der Waals surface area contributed by atoms with Gasteiger partial charge < -0.3 is 15.3 Å². The van der Waals surface area contributed by atoms with Crippen molar-refractivity contribution in [2.24, 2.45) is 5.92 Å². The van der Waals surface area contributed by atoms with Gasteiger partial charge in [-0.3, -0.25) is 9.69 Å². The van der Waals surface area contributed by atoms with Gasteiger partial charge in [-0.05, 0) is 56.8 Å². The molecule has 0 saturated carbocycles. The molecule has 0 radical (unpaired) electrons. The van der Waals surface area contributed by atoms with Crippen LogP contribution in [-0.4, -0.2) is 66.2 Å². The first-order valence-corrected chi connectivity index (χ1v) is 10.0. The summed E-state index contributed by atoms with van der Waals surface area (Å²) in [5, 5.41) is 14.4. The van der Waals surface area contributed by atoms with Crippen LogP contribution < -0.4 is 5.32 Å². The zero-order valence-corrected chi connectivity index (χ0v) is 15.1. The van der Waals surface area contributed by atoms with Gasteiger partial charge in [0.05, 0.1) is 6.61 Å².